The highest BCUT2D eigenvalue weighted by Crippen LogP contribution is 2.30. The molecule has 2 aromatic rings. The Labute approximate surface area is 175 Å². The van der Waals surface area contributed by atoms with Crippen LogP contribution in [-0.2, 0) is 9.84 Å². The second-order valence-corrected chi connectivity index (χ2v) is 10.9. The number of aryl methyl sites for hydroxylation is 1. The lowest BCUT2D eigenvalue weighted by molar-refractivity contribution is 0.0694. The van der Waals surface area contributed by atoms with Crippen molar-refractivity contribution in [1.29, 1.82) is 0 Å². The van der Waals surface area contributed by atoms with Gasteiger partial charge in [-0.1, -0.05) is 0 Å². The molecule has 1 saturated heterocycles. The number of thiazole rings is 1. The van der Waals surface area contributed by atoms with Crippen molar-refractivity contribution in [2.75, 3.05) is 38.7 Å². The van der Waals surface area contributed by atoms with Crippen molar-refractivity contribution in [2.45, 2.75) is 25.8 Å². The first kappa shape index (κ1) is 21.9. The summed E-state index contributed by atoms with van der Waals surface area (Å²) in [5.41, 5.74) is 1.36. The highest BCUT2D eigenvalue weighted by molar-refractivity contribution is 7.91. The number of hydrogen-bond donors (Lipinski definition) is 0. The molecule has 158 valence electrons. The Bertz CT molecular complexity index is 971. The van der Waals surface area contributed by atoms with Crippen LogP contribution in [0.1, 0.15) is 28.2 Å². The van der Waals surface area contributed by atoms with Crippen LogP contribution in [0.25, 0.3) is 10.6 Å². The fraction of sp³-hybridized carbons (Fsp3) is 0.500. The minimum absolute atomic E-state index is 0.0172. The van der Waals surface area contributed by atoms with Crippen LogP contribution in [0.4, 0.5) is 4.39 Å². The molecule has 0 bridgehead atoms. The summed E-state index contributed by atoms with van der Waals surface area (Å²) in [6.07, 6.45) is 1.23. The molecule has 0 saturated carbocycles. The summed E-state index contributed by atoms with van der Waals surface area (Å²) in [6, 6.07) is 5.71. The average Bonchev–Trinajstić information content (AvgIpc) is 3.21. The minimum atomic E-state index is -3.10. The average molecular weight is 440 g/mol. The van der Waals surface area contributed by atoms with E-state index in [0.29, 0.717) is 28.5 Å². The maximum Gasteiger partial charge on any atom is 0.266 e. The first-order chi connectivity index (χ1) is 13.7. The summed E-state index contributed by atoms with van der Waals surface area (Å²) >= 11 is 1.27. The molecule has 6 nitrogen and oxygen atoms in total. The molecule has 29 heavy (non-hydrogen) atoms. The van der Waals surface area contributed by atoms with Crippen molar-refractivity contribution >= 4 is 27.1 Å². The Balaban J connectivity index is 1.85. The predicted octanol–water partition coefficient (Wildman–Crippen LogP) is 2.84. The molecule has 1 aliphatic rings. The summed E-state index contributed by atoms with van der Waals surface area (Å²) in [5.74, 6) is -0.358. The van der Waals surface area contributed by atoms with Crippen LogP contribution in [0.3, 0.4) is 0 Å². The van der Waals surface area contributed by atoms with Crippen LogP contribution < -0.4 is 0 Å². The second-order valence-electron chi connectivity index (χ2n) is 7.65. The van der Waals surface area contributed by atoms with Crippen molar-refractivity contribution in [3.05, 3.63) is 40.7 Å². The van der Waals surface area contributed by atoms with Gasteiger partial charge in [0.05, 0.1) is 17.2 Å². The third-order valence-electron chi connectivity index (χ3n) is 5.00. The number of sulfone groups is 1. The normalized spacial score (nSPS) is 18.3. The second kappa shape index (κ2) is 8.89. The van der Waals surface area contributed by atoms with E-state index in [1.165, 1.54) is 23.5 Å². The van der Waals surface area contributed by atoms with E-state index in [1.54, 1.807) is 24.0 Å². The molecule has 0 radical (unpaired) electrons. The SMILES string of the molecule is Cc1nc(-c2ccc(F)cc2)sc1C(=O)N(CCCN(C)C)C1CCS(=O)(=O)C1. The third kappa shape index (κ3) is 5.40. The lowest BCUT2D eigenvalue weighted by Crippen LogP contribution is -2.42. The molecule has 1 unspecified atom stereocenters. The van der Waals surface area contributed by atoms with Gasteiger partial charge in [-0.05, 0) is 64.7 Å². The first-order valence-electron chi connectivity index (χ1n) is 9.56. The van der Waals surface area contributed by atoms with Gasteiger partial charge in [-0.2, -0.15) is 0 Å². The molecule has 2 heterocycles. The molecule has 1 aromatic heterocycles. The highest BCUT2D eigenvalue weighted by atomic mass is 32.2. The van der Waals surface area contributed by atoms with Gasteiger partial charge in [0.2, 0.25) is 0 Å². The fourth-order valence-electron chi connectivity index (χ4n) is 3.47. The zero-order valence-electron chi connectivity index (χ0n) is 16.9. The van der Waals surface area contributed by atoms with Gasteiger partial charge in [0.15, 0.2) is 9.84 Å². The van der Waals surface area contributed by atoms with E-state index < -0.39 is 9.84 Å². The van der Waals surface area contributed by atoms with Gasteiger partial charge in [0, 0.05) is 18.2 Å². The monoisotopic (exact) mass is 439 g/mol. The Morgan fingerprint density at radius 1 is 1.24 bits per heavy atom. The van der Waals surface area contributed by atoms with Crippen LogP contribution in [0.5, 0.6) is 0 Å². The maximum atomic E-state index is 13.4. The van der Waals surface area contributed by atoms with Crippen molar-refractivity contribution in [1.82, 2.24) is 14.8 Å². The Kier molecular flexibility index (Phi) is 6.70. The lowest BCUT2D eigenvalue weighted by atomic mass is 10.2. The van der Waals surface area contributed by atoms with Gasteiger partial charge in [0.25, 0.3) is 5.91 Å². The van der Waals surface area contributed by atoms with Gasteiger partial charge in [-0.3, -0.25) is 4.79 Å². The molecule has 0 aliphatic carbocycles. The molecule has 3 rings (SSSR count). The Morgan fingerprint density at radius 2 is 1.93 bits per heavy atom. The van der Waals surface area contributed by atoms with Gasteiger partial charge in [0.1, 0.15) is 15.7 Å². The van der Waals surface area contributed by atoms with E-state index in [9.17, 15) is 17.6 Å². The van der Waals surface area contributed by atoms with E-state index >= 15 is 0 Å². The Hall–Kier alpha value is -1.84. The van der Waals surface area contributed by atoms with Crippen molar-refractivity contribution in [2.24, 2.45) is 0 Å². The molecule has 1 aliphatic heterocycles. The van der Waals surface area contributed by atoms with Crippen molar-refractivity contribution in [3.63, 3.8) is 0 Å². The minimum Gasteiger partial charge on any atom is -0.334 e. The standard InChI is InChI=1S/C20H26FN3O3S2/c1-14-18(28-19(22-14)15-5-7-16(21)8-6-15)20(25)24(11-4-10-23(2)3)17-9-12-29(26,27)13-17/h5-8,17H,4,9-13H2,1-3H3. The van der Waals surface area contributed by atoms with Gasteiger partial charge in [-0.15, -0.1) is 11.3 Å². The quantitative estimate of drug-likeness (QED) is 0.664. The summed E-state index contributed by atoms with van der Waals surface area (Å²) in [5, 5.41) is 0.651. The fourth-order valence-corrected chi connectivity index (χ4v) is 6.23. The summed E-state index contributed by atoms with van der Waals surface area (Å²) in [6.45, 7) is 3.09. The molecule has 1 atom stereocenters. The first-order valence-corrected chi connectivity index (χ1v) is 12.2. The number of carbonyl (C=O) groups is 1. The Morgan fingerprint density at radius 3 is 2.52 bits per heavy atom. The molecule has 1 aromatic carbocycles. The maximum absolute atomic E-state index is 13.4. The molecular weight excluding hydrogens is 413 g/mol. The summed E-state index contributed by atoms with van der Waals surface area (Å²) in [4.78, 5) is 22.1. The van der Waals surface area contributed by atoms with Crippen molar-refractivity contribution in [3.8, 4) is 10.6 Å². The van der Waals surface area contributed by atoms with Crippen molar-refractivity contribution < 1.29 is 17.6 Å². The lowest BCUT2D eigenvalue weighted by Gasteiger charge is -2.28. The van der Waals surface area contributed by atoms with E-state index in [-0.39, 0.29) is 29.3 Å². The predicted molar refractivity (Wildman–Crippen MR) is 114 cm³/mol. The van der Waals surface area contributed by atoms with E-state index in [1.807, 2.05) is 19.0 Å². The molecule has 0 N–H and O–H groups in total. The summed E-state index contributed by atoms with van der Waals surface area (Å²) < 4.78 is 37.2. The number of nitrogens with zero attached hydrogens (tertiary/aromatic N) is 3. The van der Waals surface area contributed by atoms with Gasteiger partial charge >= 0.3 is 0 Å². The van der Waals surface area contributed by atoms with E-state index in [4.69, 9.17) is 0 Å². The van der Waals surface area contributed by atoms with Crippen LogP contribution in [0, 0.1) is 12.7 Å². The molecule has 9 heteroatoms. The van der Waals surface area contributed by atoms with Crippen LogP contribution in [0.15, 0.2) is 24.3 Å². The van der Waals surface area contributed by atoms with E-state index in [2.05, 4.69) is 4.98 Å². The zero-order valence-corrected chi connectivity index (χ0v) is 18.5. The van der Waals surface area contributed by atoms with Gasteiger partial charge < -0.3 is 9.80 Å². The highest BCUT2D eigenvalue weighted by Gasteiger charge is 2.36. The number of benzene rings is 1. The number of carbonyl (C=O) groups excluding carboxylic acids is 1. The number of halogens is 1. The largest absolute Gasteiger partial charge is 0.334 e. The van der Waals surface area contributed by atoms with E-state index in [0.717, 1.165) is 18.5 Å². The number of aromatic nitrogens is 1. The molecule has 1 amide bonds. The molecular formula is C20H26FN3O3S2. The van der Waals surface area contributed by atoms with Crippen LogP contribution >= 0.6 is 11.3 Å². The number of hydrogen-bond acceptors (Lipinski definition) is 6. The molecule has 0 spiro atoms. The topological polar surface area (TPSA) is 70.6 Å². The zero-order chi connectivity index (χ0) is 21.2. The van der Waals surface area contributed by atoms with Crippen LogP contribution in [0.2, 0.25) is 0 Å². The van der Waals surface area contributed by atoms with Gasteiger partial charge in [-0.25, -0.2) is 17.8 Å². The number of rotatable bonds is 7. The smallest absolute Gasteiger partial charge is 0.266 e. The van der Waals surface area contributed by atoms with Crippen LogP contribution in [-0.4, -0.2) is 73.8 Å². The molecule has 1 fully saturated rings. The number of amides is 1. The summed E-state index contributed by atoms with van der Waals surface area (Å²) in [7, 11) is 0.832. The third-order valence-corrected chi connectivity index (χ3v) is 7.94.